The van der Waals surface area contributed by atoms with Gasteiger partial charge in [-0.2, -0.15) is 8.61 Å². The third-order valence-corrected chi connectivity index (χ3v) is 15.6. The van der Waals surface area contributed by atoms with E-state index in [2.05, 4.69) is 0 Å². The van der Waals surface area contributed by atoms with Gasteiger partial charge >= 0.3 is 0 Å². The Balaban J connectivity index is 0.844. The SMILES string of the molecule is O=c1cccc2n1C[C@H]1C[C@@H]2CN(S(=O)(=O)c2ccc3c(c2)OCCOCCOc2ccc(S(=O)(=O)N4C[C@@H]5C[C@@H](C4)c4cccc(=O)n4C5)cc2OCCOCCO3)C1. The summed E-state index contributed by atoms with van der Waals surface area (Å²) in [4.78, 5) is 25.2. The minimum Gasteiger partial charge on any atom is -0.487 e. The molecular weight excluding hydrogens is 817 g/mol. The third-order valence-electron chi connectivity index (χ3n) is 11.9. The largest absolute Gasteiger partial charge is 0.487 e. The molecule has 4 bridgehead atoms. The van der Waals surface area contributed by atoms with Crippen LogP contribution in [-0.4, -0.2) is 114 Å². The van der Waals surface area contributed by atoms with Crippen LogP contribution in [0.3, 0.4) is 0 Å². The average molecular weight is 865 g/mol. The fourth-order valence-corrected chi connectivity index (χ4v) is 12.4. The van der Waals surface area contributed by atoms with Crippen molar-refractivity contribution in [3.63, 3.8) is 0 Å². The Bertz CT molecular complexity index is 2400. The van der Waals surface area contributed by atoms with Gasteiger partial charge in [-0.1, -0.05) is 12.1 Å². The number of hydrogen-bond donors (Lipinski definition) is 0. The molecule has 16 nitrogen and oxygen atoms in total. The lowest BCUT2D eigenvalue weighted by molar-refractivity contribution is 0.0639. The van der Waals surface area contributed by atoms with Gasteiger partial charge in [-0.3, -0.25) is 9.59 Å². The van der Waals surface area contributed by atoms with Crippen molar-refractivity contribution < 1.29 is 45.3 Å². The first kappa shape index (κ1) is 40.7. The van der Waals surface area contributed by atoms with E-state index in [4.69, 9.17) is 28.4 Å². The first-order chi connectivity index (χ1) is 29.0. The molecule has 4 atom stereocenters. The number of piperidine rings is 2. The van der Waals surface area contributed by atoms with E-state index in [9.17, 15) is 26.4 Å². The molecule has 2 aromatic heterocycles. The van der Waals surface area contributed by atoms with Crippen LogP contribution in [0.1, 0.15) is 36.1 Å². The highest BCUT2D eigenvalue weighted by Gasteiger charge is 2.41. The van der Waals surface area contributed by atoms with Crippen LogP contribution in [0.2, 0.25) is 0 Å². The molecule has 2 aromatic carbocycles. The second-order valence-corrected chi connectivity index (χ2v) is 19.8. The van der Waals surface area contributed by atoms with Crippen molar-refractivity contribution >= 4 is 20.0 Å². The highest BCUT2D eigenvalue weighted by Crippen LogP contribution is 2.40. The Labute approximate surface area is 348 Å². The summed E-state index contributed by atoms with van der Waals surface area (Å²) in [5, 5.41) is 0. The maximum Gasteiger partial charge on any atom is 0.250 e. The minimum atomic E-state index is -3.91. The highest BCUT2D eigenvalue weighted by atomic mass is 32.2. The maximum atomic E-state index is 14.0. The van der Waals surface area contributed by atoms with E-state index in [1.165, 1.54) is 32.9 Å². The second kappa shape index (κ2) is 17.0. The Morgan fingerprint density at radius 1 is 0.450 bits per heavy atom. The standard InChI is InChI=1S/C42H48N4O12S2/c47-41-5-1-3-35-31-19-29(25-45(35)41)23-43(27-31)59(49,50)33-7-9-37-39(21-33)57-17-13-53-12-16-56-38-10-8-34(22-40(38)58-18-14-54-11-15-55-37)60(51,52)44-24-30-20-32(28-44)36-4-2-6-42(48)46(36)26-30/h1-10,21-22,29-32H,11-20,23-28H2/t29-,30-,31-,32+/m0/s1. The number of ether oxygens (including phenoxy) is 6. The molecule has 5 aliphatic rings. The molecular formula is C42H48N4O12S2. The second-order valence-electron chi connectivity index (χ2n) is 15.9. The molecule has 4 aromatic rings. The summed E-state index contributed by atoms with van der Waals surface area (Å²) in [5.74, 6) is 1.10. The summed E-state index contributed by atoms with van der Waals surface area (Å²) in [6.07, 6.45) is 1.66. The lowest BCUT2D eigenvalue weighted by Crippen LogP contribution is -2.49. The normalized spacial score (nSPS) is 24.3. The van der Waals surface area contributed by atoms with Gasteiger partial charge in [0.15, 0.2) is 23.0 Å². The fraction of sp³-hybridized carbons (Fsp3) is 0.476. The molecule has 0 aliphatic carbocycles. The van der Waals surface area contributed by atoms with Gasteiger partial charge < -0.3 is 37.6 Å². The van der Waals surface area contributed by atoms with E-state index in [1.807, 2.05) is 12.1 Å². The molecule has 18 heteroatoms. The zero-order valence-electron chi connectivity index (χ0n) is 33.1. The van der Waals surface area contributed by atoms with Gasteiger partial charge in [0.1, 0.15) is 26.4 Å². The van der Waals surface area contributed by atoms with Crippen LogP contribution >= 0.6 is 0 Å². The zero-order valence-corrected chi connectivity index (χ0v) is 34.7. The molecule has 2 fully saturated rings. The topological polar surface area (TPSA) is 174 Å². The van der Waals surface area contributed by atoms with Crippen molar-refractivity contribution in [1.82, 2.24) is 17.7 Å². The Morgan fingerprint density at radius 3 is 1.27 bits per heavy atom. The predicted molar refractivity (Wildman–Crippen MR) is 217 cm³/mol. The monoisotopic (exact) mass is 864 g/mol. The summed E-state index contributed by atoms with van der Waals surface area (Å²) < 4.78 is 98.3. The van der Waals surface area contributed by atoms with Crippen molar-refractivity contribution in [2.24, 2.45) is 11.8 Å². The smallest absolute Gasteiger partial charge is 0.250 e. The average Bonchev–Trinajstić information content (AvgIpc) is 3.24. The molecule has 320 valence electrons. The van der Waals surface area contributed by atoms with Crippen LogP contribution in [0.25, 0.3) is 0 Å². The fourth-order valence-electron chi connectivity index (χ4n) is 9.20. The number of sulfonamides is 2. The molecule has 0 amide bonds. The summed E-state index contributed by atoms with van der Waals surface area (Å²) in [5.41, 5.74) is 1.61. The highest BCUT2D eigenvalue weighted by molar-refractivity contribution is 7.89. The van der Waals surface area contributed by atoms with Crippen LogP contribution < -0.4 is 30.1 Å². The van der Waals surface area contributed by atoms with E-state index < -0.39 is 20.0 Å². The van der Waals surface area contributed by atoms with E-state index in [0.717, 1.165) is 24.2 Å². The molecule has 5 aliphatic heterocycles. The Kier molecular flexibility index (Phi) is 11.5. The summed E-state index contributed by atoms with van der Waals surface area (Å²) in [6.45, 7) is 3.28. The van der Waals surface area contributed by atoms with Gasteiger partial charge in [-0.25, -0.2) is 16.8 Å². The maximum absolute atomic E-state index is 14.0. The van der Waals surface area contributed by atoms with Gasteiger partial charge in [0.05, 0.1) is 36.2 Å². The third kappa shape index (κ3) is 8.20. The quantitative estimate of drug-likeness (QED) is 0.294. The molecule has 9 rings (SSSR count). The van der Waals surface area contributed by atoms with Crippen molar-refractivity contribution in [3.05, 3.63) is 105 Å². The van der Waals surface area contributed by atoms with E-state index in [-0.39, 0.29) is 122 Å². The number of pyridine rings is 2. The number of benzene rings is 2. The first-order valence-corrected chi connectivity index (χ1v) is 23.3. The number of fused-ring (bicyclic) bond motifs is 10. The van der Waals surface area contributed by atoms with Crippen LogP contribution in [0.4, 0.5) is 0 Å². The van der Waals surface area contributed by atoms with Crippen LogP contribution in [0.5, 0.6) is 23.0 Å². The van der Waals surface area contributed by atoms with Crippen LogP contribution in [-0.2, 0) is 42.6 Å². The van der Waals surface area contributed by atoms with Crippen molar-refractivity contribution in [3.8, 4) is 23.0 Å². The van der Waals surface area contributed by atoms with Gasteiger partial charge in [-0.05, 0) is 61.1 Å². The molecule has 0 unspecified atom stereocenters. The summed E-state index contributed by atoms with van der Waals surface area (Å²) in [6, 6.07) is 19.5. The van der Waals surface area contributed by atoms with Crippen molar-refractivity contribution in [2.45, 2.75) is 47.6 Å². The molecule has 0 N–H and O–H groups in total. The van der Waals surface area contributed by atoms with Crippen LogP contribution in [0, 0.1) is 11.8 Å². The molecule has 0 saturated carbocycles. The lowest BCUT2D eigenvalue weighted by Gasteiger charge is -2.42. The van der Waals surface area contributed by atoms with Gasteiger partial charge in [0.2, 0.25) is 20.0 Å². The van der Waals surface area contributed by atoms with E-state index >= 15 is 0 Å². The van der Waals surface area contributed by atoms with E-state index in [0.29, 0.717) is 37.7 Å². The van der Waals surface area contributed by atoms with Crippen LogP contribution in [0.15, 0.2) is 92.2 Å². The first-order valence-electron chi connectivity index (χ1n) is 20.4. The molecule has 0 radical (unpaired) electrons. The molecule has 7 heterocycles. The zero-order chi connectivity index (χ0) is 41.4. The summed E-state index contributed by atoms with van der Waals surface area (Å²) in [7, 11) is -7.81. The van der Waals surface area contributed by atoms with Crippen molar-refractivity contribution in [1.29, 1.82) is 0 Å². The van der Waals surface area contributed by atoms with Gasteiger partial charge in [0.25, 0.3) is 11.1 Å². The van der Waals surface area contributed by atoms with Crippen molar-refractivity contribution in [2.75, 3.05) is 79.0 Å². The lowest BCUT2D eigenvalue weighted by atomic mass is 9.84. The molecule has 2 saturated heterocycles. The number of rotatable bonds is 4. The Morgan fingerprint density at radius 2 is 0.850 bits per heavy atom. The number of aromatic nitrogens is 2. The Hall–Kier alpha value is -4.72. The van der Waals surface area contributed by atoms with Gasteiger partial charge in [-0.15, -0.1) is 0 Å². The molecule has 0 spiro atoms. The summed E-state index contributed by atoms with van der Waals surface area (Å²) >= 11 is 0. The van der Waals surface area contributed by atoms with Gasteiger partial charge in [0, 0.05) is 86.8 Å². The number of hydrogen-bond acceptors (Lipinski definition) is 12. The number of nitrogens with zero attached hydrogens (tertiary/aromatic N) is 4. The predicted octanol–water partition coefficient (Wildman–Crippen LogP) is 2.89. The minimum absolute atomic E-state index is 0.0261. The molecule has 60 heavy (non-hydrogen) atoms. The van der Waals surface area contributed by atoms with E-state index in [1.54, 1.807) is 45.5 Å².